The molecule has 3 aromatic rings. The third-order valence-corrected chi connectivity index (χ3v) is 5.00. The van der Waals surface area contributed by atoms with Gasteiger partial charge in [-0.1, -0.05) is 66.7 Å². The highest BCUT2D eigenvalue weighted by Gasteiger charge is 2.40. The Bertz CT molecular complexity index is 1140. The van der Waals surface area contributed by atoms with Crippen molar-refractivity contribution in [1.82, 2.24) is 10.2 Å². The first kappa shape index (κ1) is 15.5. The van der Waals surface area contributed by atoms with Crippen LogP contribution in [0.25, 0.3) is 6.08 Å². The molecule has 1 aliphatic carbocycles. The molecule has 0 saturated carbocycles. The molecule has 0 spiro atoms. The Morgan fingerprint density at radius 1 is 0.889 bits per heavy atom. The number of allylic oxidation sites excluding steroid dienone is 3. The lowest BCUT2D eigenvalue weighted by Crippen LogP contribution is -2.31. The van der Waals surface area contributed by atoms with Crippen molar-refractivity contribution in [2.45, 2.75) is 5.92 Å². The second-order valence-electron chi connectivity index (χ2n) is 6.57. The van der Waals surface area contributed by atoms with Crippen LogP contribution in [0.2, 0.25) is 0 Å². The molecule has 0 fully saturated rings. The van der Waals surface area contributed by atoms with Crippen LogP contribution in [0.15, 0.2) is 78.1 Å². The van der Waals surface area contributed by atoms with E-state index in [2.05, 4.69) is 15.5 Å². The van der Waals surface area contributed by atoms with Crippen molar-refractivity contribution >= 4 is 23.5 Å². The predicted molar refractivity (Wildman–Crippen MR) is 103 cm³/mol. The van der Waals surface area contributed by atoms with Gasteiger partial charge in [-0.2, -0.15) is 5.10 Å². The standard InChI is InChI=1S/C22H15N3O2/c26-20-15-8-4-5-9-16(15)21(27)19-18(20)14(17-12-23-25-22(17)24-19)11-10-13-6-2-1-3-7-13/h1-12,14H,(H2,23,24,25)/b11-10+. The molecular formula is C22H15N3O2. The molecule has 5 nitrogen and oxygen atoms in total. The zero-order valence-corrected chi connectivity index (χ0v) is 14.3. The summed E-state index contributed by atoms with van der Waals surface area (Å²) in [5.74, 6) is 0.0119. The number of anilines is 1. The SMILES string of the molecule is O=C1C2=C(C(=O)c3ccccc31)C(/C=C/c1ccccc1)c1cn[nH]c1N2. The number of fused-ring (bicyclic) bond motifs is 2. The lowest BCUT2D eigenvalue weighted by atomic mass is 9.77. The Morgan fingerprint density at radius 3 is 2.37 bits per heavy atom. The topological polar surface area (TPSA) is 74.8 Å². The molecule has 130 valence electrons. The number of aromatic nitrogens is 2. The van der Waals surface area contributed by atoms with Crippen molar-refractivity contribution in [3.8, 4) is 0 Å². The van der Waals surface area contributed by atoms with Gasteiger partial charge in [-0.25, -0.2) is 0 Å². The van der Waals surface area contributed by atoms with Gasteiger partial charge in [0.25, 0.3) is 0 Å². The molecule has 27 heavy (non-hydrogen) atoms. The molecule has 0 saturated heterocycles. The van der Waals surface area contributed by atoms with E-state index in [-0.39, 0.29) is 17.5 Å². The maximum Gasteiger partial charge on any atom is 0.210 e. The molecule has 1 aromatic heterocycles. The van der Waals surface area contributed by atoms with Crippen molar-refractivity contribution in [2.75, 3.05) is 5.32 Å². The van der Waals surface area contributed by atoms with Gasteiger partial charge in [0, 0.05) is 28.2 Å². The number of aromatic amines is 1. The number of nitrogens with one attached hydrogen (secondary N) is 2. The molecule has 0 radical (unpaired) electrons. The normalized spacial score (nSPS) is 18.1. The Labute approximate surface area is 155 Å². The lowest BCUT2D eigenvalue weighted by Gasteiger charge is -2.29. The van der Waals surface area contributed by atoms with Crippen LogP contribution in [0.5, 0.6) is 0 Å². The number of carbonyl (C=O) groups is 2. The molecular weight excluding hydrogens is 338 g/mol. The number of hydrogen-bond donors (Lipinski definition) is 2. The van der Waals surface area contributed by atoms with E-state index in [0.29, 0.717) is 28.2 Å². The van der Waals surface area contributed by atoms with Crippen LogP contribution in [0, 0.1) is 0 Å². The van der Waals surface area contributed by atoms with E-state index < -0.39 is 0 Å². The minimum absolute atomic E-state index is 0.123. The fourth-order valence-corrected chi connectivity index (χ4v) is 3.70. The van der Waals surface area contributed by atoms with Crippen molar-refractivity contribution in [3.05, 3.63) is 100 Å². The van der Waals surface area contributed by atoms with Gasteiger partial charge in [0.05, 0.1) is 11.9 Å². The predicted octanol–water partition coefficient (Wildman–Crippen LogP) is 3.97. The highest BCUT2D eigenvalue weighted by molar-refractivity contribution is 6.28. The van der Waals surface area contributed by atoms with Crippen molar-refractivity contribution in [3.63, 3.8) is 0 Å². The van der Waals surface area contributed by atoms with Gasteiger partial charge in [-0.05, 0) is 5.56 Å². The number of ketones is 2. The van der Waals surface area contributed by atoms with Crippen LogP contribution in [0.1, 0.15) is 37.8 Å². The molecule has 1 unspecified atom stereocenters. The van der Waals surface area contributed by atoms with Gasteiger partial charge in [0.2, 0.25) is 5.78 Å². The first-order chi connectivity index (χ1) is 13.2. The lowest BCUT2D eigenvalue weighted by molar-refractivity contribution is 0.0971. The van der Waals surface area contributed by atoms with Crippen LogP contribution in [-0.2, 0) is 0 Å². The summed E-state index contributed by atoms with van der Waals surface area (Å²) in [6.45, 7) is 0. The molecule has 2 aliphatic rings. The van der Waals surface area contributed by atoms with E-state index in [1.54, 1.807) is 30.5 Å². The molecule has 2 heterocycles. The summed E-state index contributed by atoms with van der Waals surface area (Å²) in [5, 5.41) is 10.1. The third kappa shape index (κ3) is 2.36. The quantitative estimate of drug-likeness (QED) is 0.731. The van der Waals surface area contributed by atoms with Gasteiger partial charge >= 0.3 is 0 Å². The van der Waals surface area contributed by atoms with Crippen LogP contribution in [0.3, 0.4) is 0 Å². The molecule has 1 atom stereocenters. The molecule has 5 rings (SSSR count). The van der Waals surface area contributed by atoms with E-state index in [4.69, 9.17) is 0 Å². The largest absolute Gasteiger partial charge is 0.337 e. The molecule has 2 N–H and O–H groups in total. The van der Waals surface area contributed by atoms with E-state index in [9.17, 15) is 9.59 Å². The average molecular weight is 353 g/mol. The molecule has 1 aliphatic heterocycles. The number of carbonyl (C=O) groups excluding carboxylic acids is 2. The summed E-state index contributed by atoms with van der Waals surface area (Å²) in [7, 11) is 0. The Kier molecular flexibility index (Phi) is 3.40. The zero-order chi connectivity index (χ0) is 18.4. The maximum absolute atomic E-state index is 13.2. The number of rotatable bonds is 2. The molecule has 0 amide bonds. The van der Waals surface area contributed by atoms with Gasteiger partial charge in [-0.3, -0.25) is 14.7 Å². The molecule has 5 heteroatoms. The van der Waals surface area contributed by atoms with E-state index in [1.165, 1.54) is 0 Å². The number of H-pyrrole nitrogens is 1. The second-order valence-corrected chi connectivity index (χ2v) is 6.57. The fourth-order valence-electron chi connectivity index (χ4n) is 3.70. The average Bonchev–Trinajstić information content (AvgIpc) is 3.19. The Hall–Kier alpha value is -3.73. The number of nitrogens with zero attached hydrogens (tertiary/aromatic N) is 1. The van der Waals surface area contributed by atoms with E-state index in [1.807, 2.05) is 42.5 Å². The fraction of sp³-hybridized carbons (Fsp3) is 0.0455. The molecule has 0 bridgehead atoms. The third-order valence-electron chi connectivity index (χ3n) is 5.00. The summed E-state index contributed by atoms with van der Waals surface area (Å²) in [6.07, 6.45) is 5.62. The summed E-state index contributed by atoms with van der Waals surface area (Å²) in [6, 6.07) is 16.8. The maximum atomic E-state index is 13.2. The Morgan fingerprint density at radius 2 is 1.59 bits per heavy atom. The molecule has 2 aromatic carbocycles. The Balaban J connectivity index is 1.66. The highest BCUT2D eigenvalue weighted by atomic mass is 16.1. The van der Waals surface area contributed by atoms with Crippen LogP contribution >= 0.6 is 0 Å². The summed E-state index contributed by atoms with van der Waals surface area (Å²) in [5.41, 5.74) is 3.56. The highest BCUT2D eigenvalue weighted by Crippen LogP contribution is 2.42. The monoisotopic (exact) mass is 353 g/mol. The van der Waals surface area contributed by atoms with E-state index in [0.717, 1.165) is 11.1 Å². The minimum atomic E-state index is -0.347. The van der Waals surface area contributed by atoms with Gasteiger partial charge in [-0.15, -0.1) is 0 Å². The number of benzene rings is 2. The van der Waals surface area contributed by atoms with E-state index >= 15 is 0 Å². The van der Waals surface area contributed by atoms with Gasteiger partial charge in [0.15, 0.2) is 5.78 Å². The van der Waals surface area contributed by atoms with Crippen LogP contribution in [0.4, 0.5) is 5.82 Å². The van der Waals surface area contributed by atoms with Gasteiger partial charge in [0.1, 0.15) is 5.82 Å². The second kappa shape index (κ2) is 5.92. The van der Waals surface area contributed by atoms with Crippen molar-refractivity contribution in [2.24, 2.45) is 0 Å². The van der Waals surface area contributed by atoms with Crippen molar-refractivity contribution in [1.29, 1.82) is 0 Å². The van der Waals surface area contributed by atoms with Crippen LogP contribution in [-0.4, -0.2) is 21.8 Å². The van der Waals surface area contributed by atoms with Crippen molar-refractivity contribution < 1.29 is 9.59 Å². The number of hydrogen-bond acceptors (Lipinski definition) is 4. The summed E-state index contributed by atoms with van der Waals surface area (Å²) < 4.78 is 0. The first-order valence-electron chi connectivity index (χ1n) is 8.70. The number of Topliss-reactive ketones (excluding diaryl/α,β-unsaturated/α-hetero) is 2. The first-order valence-corrected chi connectivity index (χ1v) is 8.70. The van der Waals surface area contributed by atoms with Gasteiger partial charge < -0.3 is 5.32 Å². The zero-order valence-electron chi connectivity index (χ0n) is 14.3. The summed E-state index contributed by atoms with van der Waals surface area (Å²) in [4.78, 5) is 26.3. The minimum Gasteiger partial charge on any atom is -0.337 e. The van der Waals surface area contributed by atoms with Crippen LogP contribution < -0.4 is 5.32 Å². The summed E-state index contributed by atoms with van der Waals surface area (Å²) >= 11 is 0. The smallest absolute Gasteiger partial charge is 0.210 e.